The summed E-state index contributed by atoms with van der Waals surface area (Å²) < 4.78 is 0. The van der Waals surface area contributed by atoms with Crippen molar-refractivity contribution in [2.75, 3.05) is 5.32 Å². The second-order valence-electron chi connectivity index (χ2n) is 5.56. The molecule has 1 heterocycles. The lowest BCUT2D eigenvalue weighted by Crippen LogP contribution is -2.35. The smallest absolute Gasteiger partial charge is 0.126 e. The van der Waals surface area contributed by atoms with Crippen molar-refractivity contribution in [2.45, 2.75) is 52.7 Å². The Bertz CT molecular complexity index is 369. The third-order valence-corrected chi connectivity index (χ3v) is 2.52. The van der Waals surface area contributed by atoms with Crippen LogP contribution in [0, 0.1) is 0 Å². The number of aromatic nitrogens is 1. The number of halogens is 1. The van der Waals surface area contributed by atoms with Crippen molar-refractivity contribution < 1.29 is 0 Å². The maximum absolute atomic E-state index is 6.13. The Kier molecular flexibility index (Phi) is 4.78. The second kappa shape index (κ2) is 5.69. The van der Waals surface area contributed by atoms with Crippen molar-refractivity contribution in [2.24, 2.45) is 0 Å². The molecule has 0 radical (unpaired) electrons. The molecular weight excluding hydrogens is 234 g/mol. The van der Waals surface area contributed by atoms with E-state index in [0.29, 0.717) is 11.1 Å². The molecule has 1 rings (SSSR count). The summed E-state index contributed by atoms with van der Waals surface area (Å²) in [6.07, 6.45) is 1.70. The van der Waals surface area contributed by atoms with Gasteiger partial charge in [0.15, 0.2) is 0 Å². The number of nitrogens with one attached hydrogen (secondary N) is 2. The minimum absolute atomic E-state index is 0.0816. The van der Waals surface area contributed by atoms with Gasteiger partial charge in [-0.1, -0.05) is 11.6 Å². The number of rotatable bonds is 4. The highest BCUT2D eigenvalue weighted by Gasteiger charge is 2.11. The number of nitrogens with zero attached hydrogens (tertiary/aromatic N) is 1. The minimum Gasteiger partial charge on any atom is -0.368 e. The molecule has 3 nitrogen and oxygen atoms in total. The first-order valence-electron chi connectivity index (χ1n) is 5.94. The first-order valence-corrected chi connectivity index (χ1v) is 6.32. The molecule has 0 spiro atoms. The monoisotopic (exact) mass is 255 g/mol. The molecule has 4 heteroatoms. The van der Waals surface area contributed by atoms with Crippen molar-refractivity contribution in [1.82, 2.24) is 10.3 Å². The molecule has 0 atom stereocenters. The third kappa shape index (κ3) is 5.37. The van der Waals surface area contributed by atoms with Crippen LogP contribution in [0.3, 0.4) is 0 Å². The van der Waals surface area contributed by atoms with Crippen molar-refractivity contribution in [3.8, 4) is 0 Å². The molecule has 0 amide bonds. The van der Waals surface area contributed by atoms with Gasteiger partial charge in [-0.25, -0.2) is 4.98 Å². The van der Waals surface area contributed by atoms with Crippen LogP contribution in [0.5, 0.6) is 0 Å². The standard InChI is InChI=1S/C13H22ClN3/c1-9(2)17-12-6-10(11(14)8-15-12)7-16-13(3,4)5/h6,8-9,16H,7H2,1-5H3,(H,15,17). The van der Waals surface area contributed by atoms with E-state index in [4.69, 9.17) is 11.6 Å². The SMILES string of the molecule is CC(C)Nc1cc(CNC(C)(C)C)c(Cl)cn1. The molecule has 0 unspecified atom stereocenters. The van der Waals surface area contributed by atoms with E-state index in [2.05, 4.69) is 50.2 Å². The molecule has 0 saturated carbocycles. The Labute approximate surface area is 109 Å². The summed E-state index contributed by atoms with van der Waals surface area (Å²) in [5, 5.41) is 7.40. The predicted molar refractivity (Wildman–Crippen MR) is 74.6 cm³/mol. The Morgan fingerprint density at radius 2 is 2.00 bits per heavy atom. The molecule has 0 bridgehead atoms. The predicted octanol–water partition coefficient (Wildman–Crippen LogP) is 3.44. The van der Waals surface area contributed by atoms with Gasteiger partial charge in [-0.05, 0) is 46.2 Å². The normalized spacial score (nSPS) is 11.9. The second-order valence-corrected chi connectivity index (χ2v) is 5.97. The van der Waals surface area contributed by atoms with Crippen molar-refractivity contribution in [3.63, 3.8) is 0 Å². The van der Waals surface area contributed by atoms with Gasteiger partial charge in [0.1, 0.15) is 5.82 Å². The molecule has 1 aromatic heterocycles. The van der Waals surface area contributed by atoms with Gasteiger partial charge in [0.05, 0.1) is 5.02 Å². The molecule has 0 aliphatic rings. The summed E-state index contributed by atoms with van der Waals surface area (Å²) >= 11 is 6.13. The molecule has 2 N–H and O–H groups in total. The third-order valence-electron chi connectivity index (χ3n) is 2.18. The zero-order valence-corrected chi connectivity index (χ0v) is 12.0. The molecule has 0 aliphatic heterocycles. The number of hydrogen-bond acceptors (Lipinski definition) is 3. The average molecular weight is 256 g/mol. The van der Waals surface area contributed by atoms with Gasteiger partial charge in [0, 0.05) is 24.3 Å². The highest BCUT2D eigenvalue weighted by molar-refractivity contribution is 6.31. The van der Waals surface area contributed by atoms with Crippen LogP contribution in [-0.2, 0) is 6.54 Å². The lowest BCUT2D eigenvalue weighted by atomic mass is 10.1. The van der Waals surface area contributed by atoms with E-state index < -0.39 is 0 Å². The molecule has 1 aromatic rings. The zero-order chi connectivity index (χ0) is 13.1. The van der Waals surface area contributed by atoms with E-state index in [1.165, 1.54) is 0 Å². The van der Waals surface area contributed by atoms with Gasteiger partial charge in [-0.3, -0.25) is 0 Å². The van der Waals surface area contributed by atoms with E-state index in [1.54, 1.807) is 6.20 Å². The topological polar surface area (TPSA) is 37.0 Å². The Morgan fingerprint density at radius 3 is 2.53 bits per heavy atom. The molecule has 0 fully saturated rings. The molecule has 0 aromatic carbocycles. The zero-order valence-electron chi connectivity index (χ0n) is 11.3. The van der Waals surface area contributed by atoms with Crippen LogP contribution < -0.4 is 10.6 Å². The van der Waals surface area contributed by atoms with Gasteiger partial charge in [0.2, 0.25) is 0 Å². The van der Waals surface area contributed by atoms with Crippen LogP contribution in [-0.4, -0.2) is 16.6 Å². The molecule has 17 heavy (non-hydrogen) atoms. The van der Waals surface area contributed by atoms with Crippen molar-refractivity contribution in [3.05, 3.63) is 22.8 Å². The van der Waals surface area contributed by atoms with Gasteiger partial charge < -0.3 is 10.6 Å². The largest absolute Gasteiger partial charge is 0.368 e. The van der Waals surface area contributed by atoms with E-state index in [1.807, 2.05) is 6.07 Å². The van der Waals surface area contributed by atoms with Crippen LogP contribution in [0.1, 0.15) is 40.2 Å². The number of anilines is 1. The summed E-state index contributed by atoms with van der Waals surface area (Å²) in [6, 6.07) is 2.37. The van der Waals surface area contributed by atoms with Crippen LogP contribution in [0.15, 0.2) is 12.3 Å². The Morgan fingerprint density at radius 1 is 1.35 bits per heavy atom. The van der Waals surface area contributed by atoms with Gasteiger partial charge in [0.25, 0.3) is 0 Å². The van der Waals surface area contributed by atoms with Crippen LogP contribution >= 0.6 is 11.6 Å². The quantitative estimate of drug-likeness (QED) is 0.865. The maximum Gasteiger partial charge on any atom is 0.126 e. The summed E-state index contributed by atoms with van der Waals surface area (Å²) in [7, 11) is 0. The van der Waals surface area contributed by atoms with Crippen LogP contribution in [0.4, 0.5) is 5.82 Å². The maximum atomic E-state index is 6.13. The van der Waals surface area contributed by atoms with Crippen LogP contribution in [0.2, 0.25) is 5.02 Å². The number of hydrogen-bond donors (Lipinski definition) is 2. The molecular formula is C13H22ClN3. The highest BCUT2D eigenvalue weighted by Crippen LogP contribution is 2.19. The van der Waals surface area contributed by atoms with E-state index in [0.717, 1.165) is 17.9 Å². The highest BCUT2D eigenvalue weighted by atomic mass is 35.5. The lowest BCUT2D eigenvalue weighted by molar-refractivity contribution is 0.424. The average Bonchev–Trinajstić information content (AvgIpc) is 2.17. The summed E-state index contributed by atoms with van der Waals surface area (Å²) in [5.41, 5.74) is 1.15. The van der Waals surface area contributed by atoms with Gasteiger partial charge in [-0.2, -0.15) is 0 Å². The minimum atomic E-state index is 0.0816. The summed E-state index contributed by atoms with van der Waals surface area (Å²) in [6.45, 7) is 11.3. The Hall–Kier alpha value is -0.800. The first kappa shape index (κ1) is 14.3. The van der Waals surface area contributed by atoms with Gasteiger partial charge in [-0.15, -0.1) is 0 Å². The van der Waals surface area contributed by atoms with Gasteiger partial charge >= 0.3 is 0 Å². The molecule has 0 saturated heterocycles. The lowest BCUT2D eigenvalue weighted by Gasteiger charge is -2.21. The summed E-state index contributed by atoms with van der Waals surface area (Å²) in [4.78, 5) is 4.25. The Balaban J connectivity index is 2.76. The summed E-state index contributed by atoms with van der Waals surface area (Å²) in [5.74, 6) is 0.870. The molecule has 96 valence electrons. The van der Waals surface area contributed by atoms with E-state index in [-0.39, 0.29) is 5.54 Å². The van der Waals surface area contributed by atoms with E-state index >= 15 is 0 Å². The van der Waals surface area contributed by atoms with Crippen molar-refractivity contribution in [1.29, 1.82) is 0 Å². The fourth-order valence-corrected chi connectivity index (χ4v) is 1.52. The van der Waals surface area contributed by atoms with E-state index in [9.17, 15) is 0 Å². The van der Waals surface area contributed by atoms with Crippen LogP contribution in [0.25, 0.3) is 0 Å². The first-order chi connectivity index (χ1) is 7.78. The fourth-order valence-electron chi connectivity index (χ4n) is 1.35. The molecule has 0 aliphatic carbocycles. The number of pyridine rings is 1. The fraction of sp³-hybridized carbons (Fsp3) is 0.615. The van der Waals surface area contributed by atoms with Crippen molar-refractivity contribution >= 4 is 17.4 Å².